The quantitative estimate of drug-likeness (QED) is 0.913. The maximum atomic E-state index is 12.5. The van der Waals surface area contributed by atoms with E-state index in [0.717, 1.165) is 30.0 Å². The number of carbonyl (C=O) groups is 1. The molecule has 0 fully saturated rings. The van der Waals surface area contributed by atoms with E-state index in [1.165, 1.54) is 0 Å². The predicted molar refractivity (Wildman–Crippen MR) is 86.9 cm³/mol. The highest BCUT2D eigenvalue weighted by Gasteiger charge is 2.15. The lowest BCUT2D eigenvalue weighted by Gasteiger charge is -2.17. The number of aryl methyl sites for hydroxylation is 1. The lowest BCUT2D eigenvalue weighted by Crippen LogP contribution is -2.27. The van der Waals surface area contributed by atoms with Crippen molar-refractivity contribution in [3.05, 3.63) is 53.7 Å². The molecule has 1 amide bonds. The number of amides is 1. The number of nitrogens with one attached hydrogen (secondary N) is 1. The molecule has 0 radical (unpaired) electrons. The van der Waals surface area contributed by atoms with Crippen LogP contribution in [0.2, 0.25) is 0 Å². The number of nitrogens with zero attached hydrogens (tertiary/aromatic N) is 2. The van der Waals surface area contributed by atoms with Gasteiger partial charge in [-0.05, 0) is 43.2 Å². The van der Waals surface area contributed by atoms with E-state index >= 15 is 0 Å². The second-order valence-corrected chi connectivity index (χ2v) is 5.04. The fourth-order valence-electron chi connectivity index (χ4n) is 2.03. The second-order valence-electron chi connectivity index (χ2n) is 5.04. The molecule has 2 aromatic rings. The van der Waals surface area contributed by atoms with E-state index in [9.17, 15) is 4.79 Å². The molecule has 1 heterocycles. The molecular weight excluding hydrogens is 262 g/mol. The Morgan fingerprint density at radius 3 is 2.71 bits per heavy atom. The Hall–Kier alpha value is -2.36. The van der Waals surface area contributed by atoms with Gasteiger partial charge in [0.1, 0.15) is 11.5 Å². The highest BCUT2D eigenvalue weighted by Crippen LogP contribution is 2.17. The molecule has 0 saturated heterocycles. The first kappa shape index (κ1) is 15.0. The maximum absolute atomic E-state index is 12.5. The van der Waals surface area contributed by atoms with Crippen LogP contribution in [0.1, 0.15) is 29.4 Å². The largest absolute Gasteiger partial charge is 0.370 e. The fraction of sp³-hybridized carbons (Fsp3) is 0.294. The summed E-state index contributed by atoms with van der Waals surface area (Å²) in [5.74, 6) is 0.626. The number of hydrogen-bond donors (Lipinski definition) is 1. The minimum Gasteiger partial charge on any atom is -0.370 e. The third kappa shape index (κ3) is 3.81. The van der Waals surface area contributed by atoms with Gasteiger partial charge in [0.2, 0.25) is 0 Å². The summed E-state index contributed by atoms with van der Waals surface area (Å²) in [6, 6.07) is 13.3. The number of hydrogen-bond acceptors (Lipinski definition) is 3. The zero-order valence-electron chi connectivity index (χ0n) is 12.8. The normalized spacial score (nSPS) is 10.2. The van der Waals surface area contributed by atoms with Crippen molar-refractivity contribution in [1.29, 1.82) is 0 Å². The van der Waals surface area contributed by atoms with Crippen LogP contribution in [-0.2, 0) is 0 Å². The van der Waals surface area contributed by atoms with Gasteiger partial charge in [-0.25, -0.2) is 4.98 Å². The third-order valence-corrected chi connectivity index (χ3v) is 3.22. The van der Waals surface area contributed by atoms with Gasteiger partial charge in [0, 0.05) is 19.3 Å². The van der Waals surface area contributed by atoms with E-state index < -0.39 is 0 Å². The summed E-state index contributed by atoms with van der Waals surface area (Å²) in [7, 11) is 1.77. The van der Waals surface area contributed by atoms with E-state index in [1.54, 1.807) is 18.0 Å². The first-order valence-electron chi connectivity index (χ1n) is 7.17. The SMILES string of the molecule is CCCNc1cccc(C(=O)N(C)c2cccc(C)c2)n1. The first-order valence-corrected chi connectivity index (χ1v) is 7.17. The van der Waals surface area contributed by atoms with E-state index in [1.807, 2.05) is 43.3 Å². The second kappa shape index (κ2) is 6.88. The maximum Gasteiger partial charge on any atom is 0.276 e. The lowest BCUT2D eigenvalue weighted by atomic mass is 10.2. The smallest absolute Gasteiger partial charge is 0.276 e. The summed E-state index contributed by atoms with van der Waals surface area (Å²) in [6.07, 6.45) is 1.02. The van der Waals surface area contributed by atoms with Gasteiger partial charge in [-0.1, -0.05) is 25.1 Å². The minimum absolute atomic E-state index is 0.110. The Labute approximate surface area is 125 Å². The Morgan fingerprint density at radius 2 is 2.00 bits per heavy atom. The highest BCUT2D eigenvalue weighted by molar-refractivity contribution is 6.04. The summed E-state index contributed by atoms with van der Waals surface area (Å²) < 4.78 is 0. The number of anilines is 2. The van der Waals surface area contributed by atoms with Gasteiger partial charge >= 0.3 is 0 Å². The summed E-state index contributed by atoms with van der Waals surface area (Å²) in [5.41, 5.74) is 2.44. The molecule has 0 aliphatic heterocycles. The molecule has 0 aliphatic carbocycles. The summed E-state index contributed by atoms with van der Waals surface area (Å²) in [4.78, 5) is 18.5. The Bertz CT molecular complexity index is 625. The fourth-order valence-corrected chi connectivity index (χ4v) is 2.03. The van der Waals surface area contributed by atoms with Gasteiger partial charge in [-0.15, -0.1) is 0 Å². The monoisotopic (exact) mass is 283 g/mol. The first-order chi connectivity index (χ1) is 10.1. The van der Waals surface area contributed by atoms with Crippen LogP contribution < -0.4 is 10.2 Å². The molecule has 1 N–H and O–H groups in total. The molecule has 0 unspecified atom stereocenters. The van der Waals surface area contributed by atoms with Gasteiger partial charge in [-0.2, -0.15) is 0 Å². The Morgan fingerprint density at radius 1 is 1.24 bits per heavy atom. The zero-order valence-corrected chi connectivity index (χ0v) is 12.8. The van der Waals surface area contributed by atoms with Crippen LogP contribution in [0.3, 0.4) is 0 Å². The number of aromatic nitrogens is 1. The molecule has 110 valence electrons. The van der Waals surface area contributed by atoms with Crippen molar-refractivity contribution in [1.82, 2.24) is 4.98 Å². The van der Waals surface area contributed by atoms with Crippen molar-refractivity contribution in [2.75, 3.05) is 23.8 Å². The van der Waals surface area contributed by atoms with Crippen LogP contribution in [0.5, 0.6) is 0 Å². The molecule has 4 heteroatoms. The number of carbonyl (C=O) groups excluding carboxylic acids is 1. The molecule has 4 nitrogen and oxygen atoms in total. The van der Waals surface area contributed by atoms with Gasteiger partial charge in [0.05, 0.1) is 0 Å². The Kier molecular flexibility index (Phi) is 4.93. The third-order valence-electron chi connectivity index (χ3n) is 3.22. The average Bonchev–Trinajstić information content (AvgIpc) is 2.51. The van der Waals surface area contributed by atoms with Crippen molar-refractivity contribution >= 4 is 17.4 Å². The molecule has 1 aromatic carbocycles. The van der Waals surface area contributed by atoms with Crippen LogP contribution >= 0.6 is 0 Å². The molecule has 2 rings (SSSR count). The minimum atomic E-state index is -0.110. The van der Waals surface area contributed by atoms with Crippen LogP contribution in [0, 0.1) is 6.92 Å². The molecule has 0 aliphatic rings. The van der Waals surface area contributed by atoms with Crippen LogP contribution in [0.15, 0.2) is 42.5 Å². The van der Waals surface area contributed by atoms with Gasteiger partial charge in [-0.3, -0.25) is 4.79 Å². The van der Waals surface area contributed by atoms with Crippen molar-refractivity contribution in [2.24, 2.45) is 0 Å². The molecule has 1 aromatic heterocycles. The molecule has 0 bridgehead atoms. The number of rotatable bonds is 5. The number of pyridine rings is 1. The average molecular weight is 283 g/mol. The molecular formula is C17H21N3O. The van der Waals surface area contributed by atoms with Gasteiger partial charge in [0.15, 0.2) is 0 Å². The van der Waals surface area contributed by atoms with E-state index in [4.69, 9.17) is 0 Å². The van der Waals surface area contributed by atoms with Crippen LogP contribution in [0.4, 0.5) is 11.5 Å². The van der Waals surface area contributed by atoms with Gasteiger partial charge in [0.25, 0.3) is 5.91 Å². The number of benzene rings is 1. The topological polar surface area (TPSA) is 45.2 Å². The molecule has 0 saturated carbocycles. The summed E-state index contributed by atoms with van der Waals surface area (Å²) in [6.45, 7) is 4.95. The summed E-state index contributed by atoms with van der Waals surface area (Å²) >= 11 is 0. The van der Waals surface area contributed by atoms with Crippen molar-refractivity contribution in [3.8, 4) is 0 Å². The van der Waals surface area contributed by atoms with Crippen LogP contribution in [-0.4, -0.2) is 24.5 Å². The van der Waals surface area contributed by atoms with Gasteiger partial charge < -0.3 is 10.2 Å². The zero-order chi connectivity index (χ0) is 15.2. The van der Waals surface area contributed by atoms with Crippen LogP contribution in [0.25, 0.3) is 0 Å². The standard InChI is InChI=1S/C17H21N3O/c1-4-11-18-16-10-6-9-15(19-16)17(21)20(3)14-8-5-7-13(2)12-14/h5-10,12H,4,11H2,1-3H3,(H,18,19). The molecule has 0 atom stereocenters. The van der Waals surface area contributed by atoms with E-state index in [2.05, 4.69) is 17.2 Å². The lowest BCUT2D eigenvalue weighted by molar-refractivity contribution is 0.0988. The van der Waals surface area contributed by atoms with E-state index in [0.29, 0.717) is 5.69 Å². The predicted octanol–water partition coefficient (Wildman–Crippen LogP) is 3.49. The highest BCUT2D eigenvalue weighted by atomic mass is 16.2. The van der Waals surface area contributed by atoms with Crippen molar-refractivity contribution < 1.29 is 4.79 Å². The van der Waals surface area contributed by atoms with Crippen molar-refractivity contribution in [2.45, 2.75) is 20.3 Å². The Balaban J connectivity index is 2.19. The van der Waals surface area contributed by atoms with E-state index in [-0.39, 0.29) is 5.91 Å². The molecule has 21 heavy (non-hydrogen) atoms. The molecule has 0 spiro atoms. The van der Waals surface area contributed by atoms with Crippen molar-refractivity contribution in [3.63, 3.8) is 0 Å². The summed E-state index contributed by atoms with van der Waals surface area (Å²) in [5, 5.41) is 3.20.